The van der Waals surface area contributed by atoms with Crippen molar-refractivity contribution < 1.29 is 9.59 Å². The summed E-state index contributed by atoms with van der Waals surface area (Å²) in [4.78, 5) is 28.1. The minimum Gasteiger partial charge on any atom is -0.342 e. The standard InChI is InChI=1S/C14H24N4O2/c15-16-14(20)11-3-5-17(6-4-11)13(19)9-18-8-10-1-2-12(18)7-10/h10-12H,1-9,15H2,(H,16,20). The highest BCUT2D eigenvalue weighted by molar-refractivity contribution is 5.80. The van der Waals surface area contributed by atoms with Gasteiger partial charge in [0.15, 0.2) is 0 Å². The molecule has 3 N–H and O–H groups in total. The number of hydrazine groups is 1. The van der Waals surface area contributed by atoms with Gasteiger partial charge in [0.2, 0.25) is 11.8 Å². The second-order valence-electron chi connectivity index (χ2n) is 6.43. The quantitative estimate of drug-likeness (QED) is 0.423. The van der Waals surface area contributed by atoms with E-state index in [0.29, 0.717) is 25.7 Å². The molecule has 2 heterocycles. The average molecular weight is 280 g/mol. The third-order valence-corrected chi connectivity index (χ3v) is 5.22. The molecule has 1 saturated carbocycles. The summed E-state index contributed by atoms with van der Waals surface area (Å²) in [6.07, 6.45) is 5.33. The van der Waals surface area contributed by atoms with Gasteiger partial charge in [0.1, 0.15) is 0 Å². The Bertz CT molecular complexity index is 393. The average Bonchev–Trinajstić information content (AvgIpc) is 3.09. The highest BCUT2D eigenvalue weighted by atomic mass is 16.2. The van der Waals surface area contributed by atoms with Gasteiger partial charge in [-0.05, 0) is 38.0 Å². The number of amides is 2. The van der Waals surface area contributed by atoms with Crippen LogP contribution in [-0.4, -0.2) is 53.8 Å². The van der Waals surface area contributed by atoms with E-state index in [2.05, 4.69) is 10.3 Å². The molecule has 0 aromatic rings. The van der Waals surface area contributed by atoms with Gasteiger partial charge in [0.25, 0.3) is 0 Å². The van der Waals surface area contributed by atoms with Crippen molar-refractivity contribution in [1.29, 1.82) is 0 Å². The molecular formula is C14H24N4O2. The Morgan fingerprint density at radius 2 is 1.90 bits per heavy atom. The minimum atomic E-state index is -0.103. The molecule has 6 heteroatoms. The molecule has 6 nitrogen and oxygen atoms in total. The molecule has 2 atom stereocenters. The number of rotatable bonds is 3. The Morgan fingerprint density at radius 1 is 1.15 bits per heavy atom. The van der Waals surface area contributed by atoms with E-state index >= 15 is 0 Å². The maximum absolute atomic E-state index is 12.3. The van der Waals surface area contributed by atoms with Gasteiger partial charge in [-0.2, -0.15) is 0 Å². The summed E-state index contributed by atoms with van der Waals surface area (Å²) >= 11 is 0. The van der Waals surface area contributed by atoms with E-state index in [1.54, 1.807) is 0 Å². The zero-order valence-corrected chi connectivity index (χ0v) is 11.9. The molecular weight excluding hydrogens is 256 g/mol. The lowest BCUT2D eigenvalue weighted by molar-refractivity contribution is -0.136. The monoisotopic (exact) mass is 280 g/mol. The second kappa shape index (κ2) is 5.69. The normalized spacial score (nSPS) is 30.8. The molecule has 2 unspecified atom stereocenters. The van der Waals surface area contributed by atoms with Crippen LogP contribution in [0.25, 0.3) is 0 Å². The van der Waals surface area contributed by atoms with E-state index in [1.165, 1.54) is 19.3 Å². The Morgan fingerprint density at radius 3 is 2.45 bits per heavy atom. The third-order valence-electron chi connectivity index (χ3n) is 5.22. The predicted molar refractivity (Wildman–Crippen MR) is 74.3 cm³/mol. The van der Waals surface area contributed by atoms with Crippen molar-refractivity contribution in [2.24, 2.45) is 17.7 Å². The van der Waals surface area contributed by atoms with Crippen molar-refractivity contribution in [3.63, 3.8) is 0 Å². The molecule has 0 radical (unpaired) electrons. The topological polar surface area (TPSA) is 78.7 Å². The fraction of sp³-hybridized carbons (Fsp3) is 0.857. The lowest BCUT2D eigenvalue weighted by Gasteiger charge is -2.34. The number of carbonyl (C=O) groups excluding carboxylic acids is 2. The number of nitrogens with one attached hydrogen (secondary N) is 1. The van der Waals surface area contributed by atoms with E-state index in [4.69, 9.17) is 5.84 Å². The Hall–Kier alpha value is -1.14. The van der Waals surface area contributed by atoms with Crippen molar-refractivity contribution in [2.75, 3.05) is 26.2 Å². The molecule has 2 bridgehead atoms. The molecule has 3 aliphatic rings. The summed E-state index contributed by atoms with van der Waals surface area (Å²) in [7, 11) is 0. The first-order valence-electron chi connectivity index (χ1n) is 7.69. The second-order valence-corrected chi connectivity index (χ2v) is 6.43. The van der Waals surface area contributed by atoms with Crippen LogP contribution < -0.4 is 11.3 Å². The largest absolute Gasteiger partial charge is 0.342 e. The number of hydrogen-bond acceptors (Lipinski definition) is 4. The Balaban J connectivity index is 1.46. The number of nitrogens with zero attached hydrogens (tertiary/aromatic N) is 2. The van der Waals surface area contributed by atoms with Gasteiger partial charge in [-0.1, -0.05) is 0 Å². The summed E-state index contributed by atoms with van der Waals surface area (Å²) in [5.41, 5.74) is 2.21. The van der Waals surface area contributed by atoms with Crippen molar-refractivity contribution in [3.8, 4) is 0 Å². The van der Waals surface area contributed by atoms with Gasteiger partial charge in [0.05, 0.1) is 6.54 Å². The fourth-order valence-corrected chi connectivity index (χ4v) is 4.00. The number of hydrogen-bond donors (Lipinski definition) is 2. The molecule has 0 aromatic heterocycles. The molecule has 2 aliphatic heterocycles. The van der Waals surface area contributed by atoms with Crippen LogP contribution in [0.3, 0.4) is 0 Å². The van der Waals surface area contributed by atoms with Gasteiger partial charge in [-0.3, -0.25) is 19.9 Å². The SMILES string of the molecule is NNC(=O)C1CCN(C(=O)CN2CC3CCC2C3)CC1. The van der Waals surface area contributed by atoms with Crippen LogP contribution in [0.5, 0.6) is 0 Å². The Labute approximate surface area is 119 Å². The highest BCUT2D eigenvalue weighted by Crippen LogP contribution is 2.37. The highest BCUT2D eigenvalue weighted by Gasteiger charge is 2.39. The van der Waals surface area contributed by atoms with Crippen LogP contribution in [-0.2, 0) is 9.59 Å². The lowest BCUT2D eigenvalue weighted by atomic mass is 9.96. The third kappa shape index (κ3) is 2.67. The summed E-state index contributed by atoms with van der Waals surface area (Å²) in [5.74, 6) is 6.07. The van der Waals surface area contributed by atoms with Crippen LogP contribution >= 0.6 is 0 Å². The molecule has 0 aromatic carbocycles. The van der Waals surface area contributed by atoms with Crippen molar-refractivity contribution in [1.82, 2.24) is 15.2 Å². The molecule has 1 aliphatic carbocycles. The van der Waals surface area contributed by atoms with Crippen LogP contribution in [0.15, 0.2) is 0 Å². The van der Waals surface area contributed by atoms with Gasteiger partial charge in [0, 0.05) is 31.6 Å². The lowest BCUT2D eigenvalue weighted by Crippen LogP contribution is -2.48. The first kappa shape index (κ1) is 13.8. The maximum Gasteiger partial charge on any atom is 0.237 e. The zero-order valence-electron chi connectivity index (χ0n) is 11.9. The van der Waals surface area contributed by atoms with Gasteiger partial charge < -0.3 is 4.90 Å². The number of piperidine rings is 2. The molecule has 20 heavy (non-hydrogen) atoms. The number of fused-ring (bicyclic) bond motifs is 2. The summed E-state index contributed by atoms with van der Waals surface area (Å²) in [6.45, 7) is 3.02. The zero-order chi connectivity index (χ0) is 14.1. The summed E-state index contributed by atoms with van der Waals surface area (Å²) in [6, 6.07) is 0.643. The summed E-state index contributed by atoms with van der Waals surface area (Å²) < 4.78 is 0. The van der Waals surface area contributed by atoms with E-state index in [9.17, 15) is 9.59 Å². The maximum atomic E-state index is 12.3. The van der Waals surface area contributed by atoms with E-state index in [0.717, 1.165) is 25.3 Å². The molecule has 2 amide bonds. The smallest absolute Gasteiger partial charge is 0.237 e. The van der Waals surface area contributed by atoms with E-state index < -0.39 is 0 Å². The number of nitrogens with two attached hydrogens (primary N) is 1. The summed E-state index contributed by atoms with van der Waals surface area (Å²) in [5, 5.41) is 0. The Kier molecular flexibility index (Phi) is 3.94. The number of likely N-dealkylation sites (tertiary alicyclic amines) is 2. The van der Waals surface area contributed by atoms with Crippen molar-refractivity contribution in [2.45, 2.75) is 38.1 Å². The predicted octanol–water partition coefficient (Wildman–Crippen LogP) is -0.301. The van der Waals surface area contributed by atoms with Crippen molar-refractivity contribution in [3.05, 3.63) is 0 Å². The fourth-order valence-electron chi connectivity index (χ4n) is 4.00. The van der Waals surface area contributed by atoms with Crippen LogP contribution in [0, 0.1) is 11.8 Å². The van der Waals surface area contributed by atoms with Crippen LogP contribution in [0.1, 0.15) is 32.1 Å². The van der Waals surface area contributed by atoms with E-state index in [-0.39, 0.29) is 17.7 Å². The first-order chi connectivity index (χ1) is 9.67. The van der Waals surface area contributed by atoms with Gasteiger partial charge in [-0.15, -0.1) is 0 Å². The van der Waals surface area contributed by atoms with Gasteiger partial charge >= 0.3 is 0 Å². The van der Waals surface area contributed by atoms with Crippen LogP contribution in [0.2, 0.25) is 0 Å². The number of carbonyl (C=O) groups is 2. The van der Waals surface area contributed by atoms with Gasteiger partial charge in [-0.25, -0.2) is 5.84 Å². The molecule has 3 rings (SSSR count). The van der Waals surface area contributed by atoms with Crippen molar-refractivity contribution >= 4 is 11.8 Å². The molecule has 2 saturated heterocycles. The van der Waals surface area contributed by atoms with Crippen LogP contribution in [0.4, 0.5) is 0 Å². The minimum absolute atomic E-state index is 0.0353. The first-order valence-corrected chi connectivity index (χ1v) is 7.69. The van der Waals surface area contributed by atoms with E-state index in [1.807, 2.05) is 4.90 Å². The molecule has 3 fully saturated rings. The molecule has 112 valence electrons. The molecule has 0 spiro atoms.